The van der Waals surface area contributed by atoms with Crippen molar-refractivity contribution in [3.8, 4) is 0 Å². The van der Waals surface area contributed by atoms with Crippen LogP contribution in [0.15, 0.2) is 24.3 Å². The Morgan fingerprint density at radius 2 is 2.13 bits per heavy atom. The molecule has 6 nitrogen and oxygen atoms in total. The molecule has 1 saturated carbocycles. The molecule has 2 amide bonds. The van der Waals surface area contributed by atoms with Gasteiger partial charge in [-0.25, -0.2) is 0 Å². The normalized spacial score (nSPS) is 15.0. The number of anilines is 1. The quantitative estimate of drug-likeness (QED) is 0.699. The third-order valence-electron chi connectivity index (χ3n) is 3.82. The van der Waals surface area contributed by atoms with Crippen molar-refractivity contribution in [2.45, 2.75) is 31.8 Å². The minimum Gasteiger partial charge on any atom is -0.383 e. The van der Waals surface area contributed by atoms with Crippen molar-refractivity contribution in [2.75, 3.05) is 19.0 Å². The van der Waals surface area contributed by atoms with Gasteiger partial charge in [0.15, 0.2) is 0 Å². The van der Waals surface area contributed by atoms with E-state index in [0.29, 0.717) is 6.54 Å². The Kier molecular flexibility index (Phi) is 8.02. The van der Waals surface area contributed by atoms with E-state index in [-0.39, 0.29) is 36.7 Å². The average Bonchev–Trinajstić information content (AvgIpc) is 2.43. The van der Waals surface area contributed by atoms with E-state index in [1.807, 2.05) is 24.3 Å². The number of rotatable bonds is 7. The highest BCUT2D eigenvalue weighted by atomic mass is 35.5. The fraction of sp³-hybridized carbons (Fsp3) is 0.500. The molecule has 0 aromatic heterocycles. The predicted octanol–water partition coefficient (Wildman–Crippen LogP) is 1.44. The summed E-state index contributed by atoms with van der Waals surface area (Å²) < 4.78 is 4.84. The average molecular weight is 342 g/mol. The Labute approximate surface area is 142 Å². The fourth-order valence-electron chi connectivity index (χ4n) is 2.25. The van der Waals surface area contributed by atoms with Gasteiger partial charge in [0.25, 0.3) is 0 Å². The van der Waals surface area contributed by atoms with Gasteiger partial charge in [-0.1, -0.05) is 18.6 Å². The lowest BCUT2D eigenvalue weighted by Crippen LogP contribution is -2.43. The second kappa shape index (κ2) is 9.50. The molecule has 1 aliphatic rings. The monoisotopic (exact) mass is 341 g/mol. The number of methoxy groups -OCH3 is 1. The molecule has 128 valence electrons. The molecule has 23 heavy (non-hydrogen) atoms. The molecule has 0 saturated heterocycles. The summed E-state index contributed by atoms with van der Waals surface area (Å²) in [7, 11) is 1.50. The molecule has 7 heteroatoms. The number of nitrogens with two attached hydrogens (primary N) is 1. The summed E-state index contributed by atoms with van der Waals surface area (Å²) in [6, 6.07) is 6.78. The summed E-state index contributed by atoms with van der Waals surface area (Å²) in [6.45, 7) is 0.548. The number of hydrogen-bond acceptors (Lipinski definition) is 4. The van der Waals surface area contributed by atoms with E-state index >= 15 is 0 Å². The van der Waals surface area contributed by atoms with Crippen molar-refractivity contribution in [1.29, 1.82) is 0 Å². The lowest BCUT2D eigenvalue weighted by atomic mass is 9.85. The molecular formula is C16H24ClN3O3. The van der Waals surface area contributed by atoms with Gasteiger partial charge in [0.1, 0.15) is 6.04 Å². The zero-order valence-corrected chi connectivity index (χ0v) is 14.0. The highest BCUT2D eigenvalue weighted by molar-refractivity contribution is 5.93. The lowest BCUT2D eigenvalue weighted by Gasteiger charge is -2.24. The molecule has 1 aliphatic carbocycles. The first-order valence-corrected chi connectivity index (χ1v) is 7.52. The summed E-state index contributed by atoms with van der Waals surface area (Å²) in [4.78, 5) is 23.6. The molecule has 1 atom stereocenters. The first kappa shape index (κ1) is 19.4. The second-order valence-corrected chi connectivity index (χ2v) is 5.60. The highest BCUT2D eigenvalue weighted by Crippen LogP contribution is 2.27. The second-order valence-electron chi connectivity index (χ2n) is 5.60. The molecular weight excluding hydrogens is 318 g/mol. The molecule has 0 bridgehead atoms. The number of carbonyl (C=O) groups excluding carboxylic acids is 2. The first-order valence-electron chi connectivity index (χ1n) is 7.52. The van der Waals surface area contributed by atoms with Gasteiger partial charge >= 0.3 is 0 Å². The summed E-state index contributed by atoms with van der Waals surface area (Å²) in [5.74, 6) is -0.0317. The zero-order valence-electron chi connectivity index (χ0n) is 13.2. The molecule has 4 N–H and O–H groups in total. The van der Waals surface area contributed by atoms with Crippen LogP contribution in [0.2, 0.25) is 0 Å². The Hall–Kier alpha value is -1.63. The molecule has 0 spiro atoms. The van der Waals surface area contributed by atoms with Crippen LogP contribution in [0.3, 0.4) is 0 Å². The van der Waals surface area contributed by atoms with E-state index in [1.54, 1.807) is 0 Å². The van der Waals surface area contributed by atoms with E-state index in [9.17, 15) is 9.59 Å². The topological polar surface area (TPSA) is 93.4 Å². The Bertz CT molecular complexity index is 535. The van der Waals surface area contributed by atoms with Crippen LogP contribution in [0.25, 0.3) is 0 Å². The van der Waals surface area contributed by atoms with E-state index < -0.39 is 6.04 Å². The van der Waals surface area contributed by atoms with Crippen molar-refractivity contribution in [1.82, 2.24) is 5.32 Å². The van der Waals surface area contributed by atoms with Crippen LogP contribution < -0.4 is 16.4 Å². The van der Waals surface area contributed by atoms with Gasteiger partial charge in [0.2, 0.25) is 11.8 Å². The summed E-state index contributed by atoms with van der Waals surface area (Å²) >= 11 is 0. The largest absolute Gasteiger partial charge is 0.383 e. The van der Waals surface area contributed by atoms with Crippen LogP contribution in [0.4, 0.5) is 5.69 Å². The fourth-order valence-corrected chi connectivity index (χ4v) is 2.25. The number of ether oxygens (including phenoxy) is 1. The van der Waals surface area contributed by atoms with Gasteiger partial charge < -0.3 is 21.1 Å². The molecule has 1 aromatic rings. The van der Waals surface area contributed by atoms with E-state index in [0.717, 1.165) is 30.5 Å². The van der Waals surface area contributed by atoms with Gasteiger partial charge in [0, 0.05) is 25.3 Å². The zero-order chi connectivity index (χ0) is 15.9. The van der Waals surface area contributed by atoms with Crippen molar-refractivity contribution in [3.05, 3.63) is 29.8 Å². The maximum absolute atomic E-state index is 11.9. The van der Waals surface area contributed by atoms with Gasteiger partial charge in [-0.05, 0) is 30.5 Å². The van der Waals surface area contributed by atoms with E-state index in [1.165, 1.54) is 7.11 Å². The van der Waals surface area contributed by atoms with Crippen molar-refractivity contribution in [3.63, 3.8) is 0 Å². The van der Waals surface area contributed by atoms with Crippen LogP contribution in [-0.2, 0) is 20.9 Å². The van der Waals surface area contributed by atoms with Crippen LogP contribution in [0, 0.1) is 5.92 Å². The Morgan fingerprint density at radius 3 is 2.74 bits per heavy atom. The third-order valence-corrected chi connectivity index (χ3v) is 3.82. The third kappa shape index (κ3) is 5.82. The summed E-state index contributed by atoms with van der Waals surface area (Å²) in [5, 5.41) is 5.67. The number of benzene rings is 1. The van der Waals surface area contributed by atoms with Gasteiger partial charge in [-0.2, -0.15) is 0 Å². The van der Waals surface area contributed by atoms with Crippen LogP contribution in [-0.4, -0.2) is 31.6 Å². The molecule has 2 rings (SSSR count). The molecule has 1 aromatic carbocycles. The van der Waals surface area contributed by atoms with Crippen molar-refractivity contribution < 1.29 is 14.3 Å². The maximum Gasteiger partial charge on any atom is 0.239 e. The molecule has 0 aliphatic heterocycles. The molecule has 1 unspecified atom stereocenters. The smallest absolute Gasteiger partial charge is 0.239 e. The predicted molar refractivity (Wildman–Crippen MR) is 91.4 cm³/mol. The van der Waals surface area contributed by atoms with Gasteiger partial charge in [-0.3, -0.25) is 9.59 Å². The number of hydrogen-bond donors (Lipinski definition) is 3. The first-order chi connectivity index (χ1) is 10.6. The maximum atomic E-state index is 11.9. The SMILES string of the molecule is COCC(N)C(=O)NCc1cccc(NC(=O)C2CCC2)c1.Cl. The van der Waals surface area contributed by atoms with E-state index in [4.69, 9.17) is 10.5 Å². The number of amides is 2. The number of carbonyl (C=O) groups is 2. The molecule has 0 radical (unpaired) electrons. The number of nitrogens with one attached hydrogen (secondary N) is 2. The van der Waals surface area contributed by atoms with Gasteiger partial charge in [0.05, 0.1) is 6.61 Å². The minimum absolute atomic E-state index is 0. The Morgan fingerprint density at radius 1 is 1.39 bits per heavy atom. The highest BCUT2D eigenvalue weighted by Gasteiger charge is 2.25. The Balaban J connectivity index is 0.00000264. The van der Waals surface area contributed by atoms with Crippen LogP contribution in [0.1, 0.15) is 24.8 Å². The minimum atomic E-state index is -0.675. The lowest BCUT2D eigenvalue weighted by molar-refractivity contribution is -0.123. The van der Waals surface area contributed by atoms with Gasteiger partial charge in [-0.15, -0.1) is 12.4 Å². The standard InChI is InChI=1S/C16H23N3O3.ClH/c1-22-10-14(17)16(21)18-9-11-4-2-7-13(8-11)19-15(20)12-5-3-6-12;/h2,4,7-8,12,14H,3,5-6,9-10,17H2,1H3,(H,18,21)(H,19,20);1H. The summed E-state index contributed by atoms with van der Waals surface area (Å²) in [6.07, 6.45) is 3.07. The molecule has 1 fully saturated rings. The molecule has 0 heterocycles. The summed E-state index contributed by atoms with van der Waals surface area (Å²) in [5.41, 5.74) is 7.31. The van der Waals surface area contributed by atoms with Crippen molar-refractivity contribution in [2.24, 2.45) is 11.7 Å². The van der Waals surface area contributed by atoms with Crippen molar-refractivity contribution >= 4 is 29.9 Å². The van der Waals surface area contributed by atoms with Crippen LogP contribution >= 0.6 is 12.4 Å². The number of halogens is 1. The van der Waals surface area contributed by atoms with E-state index in [2.05, 4.69) is 10.6 Å². The van der Waals surface area contributed by atoms with Crippen LogP contribution in [0.5, 0.6) is 0 Å².